The number of halogens is 1. The molecule has 1 aromatic carbocycles. The van der Waals surface area contributed by atoms with Gasteiger partial charge in [-0.05, 0) is 18.2 Å². The SMILES string of the molecule is N#Cc1ccc(Cl)cc1NC/C=C/CN. The normalized spacial score (nSPS) is 10.2. The van der Waals surface area contributed by atoms with Gasteiger partial charge in [0.2, 0.25) is 0 Å². The van der Waals surface area contributed by atoms with E-state index in [1.165, 1.54) is 0 Å². The van der Waals surface area contributed by atoms with Gasteiger partial charge in [0.25, 0.3) is 0 Å². The quantitative estimate of drug-likeness (QED) is 0.766. The maximum absolute atomic E-state index is 8.84. The second kappa shape index (κ2) is 6.07. The van der Waals surface area contributed by atoms with Crippen molar-refractivity contribution in [2.75, 3.05) is 18.4 Å². The Morgan fingerprint density at radius 2 is 2.27 bits per heavy atom. The predicted octanol–water partition coefficient (Wildman–Crippen LogP) is 2.14. The van der Waals surface area contributed by atoms with Gasteiger partial charge in [-0.1, -0.05) is 23.8 Å². The standard InChI is InChI=1S/C11H12ClN3/c12-10-4-3-9(8-14)11(7-10)15-6-2-1-5-13/h1-4,7,15H,5-6,13H2/b2-1+. The smallest absolute Gasteiger partial charge is 0.101 e. The van der Waals surface area contributed by atoms with Crippen molar-refractivity contribution < 1.29 is 0 Å². The fourth-order valence-electron chi connectivity index (χ4n) is 1.11. The van der Waals surface area contributed by atoms with Crippen LogP contribution in [0.2, 0.25) is 5.02 Å². The lowest BCUT2D eigenvalue weighted by atomic mass is 10.2. The van der Waals surface area contributed by atoms with E-state index in [4.69, 9.17) is 22.6 Å². The van der Waals surface area contributed by atoms with E-state index in [0.29, 0.717) is 23.7 Å². The van der Waals surface area contributed by atoms with Crippen LogP contribution in [0.3, 0.4) is 0 Å². The van der Waals surface area contributed by atoms with E-state index in [9.17, 15) is 0 Å². The van der Waals surface area contributed by atoms with Crippen LogP contribution in [0.5, 0.6) is 0 Å². The molecule has 0 heterocycles. The van der Waals surface area contributed by atoms with Crippen LogP contribution in [0.15, 0.2) is 30.4 Å². The molecule has 3 N–H and O–H groups in total. The fourth-order valence-corrected chi connectivity index (χ4v) is 1.28. The van der Waals surface area contributed by atoms with E-state index >= 15 is 0 Å². The number of nitrogens with one attached hydrogen (secondary N) is 1. The Hall–Kier alpha value is -1.50. The van der Waals surface area contributed by atoms with Crippen molar-refractivity contribution in [3.8, 4) is 6.07 Å². The first-order valence-corrected chi connectivity index (χ1v) is 4.94. The van der Waals surface area contributed by atoms with Gasteiger partial charge in [-0.15, -0.1) is 0 Å². The zero-order valence-corrected chi connectivity index (χ0v) is 8.96. The molecule has 1 rings (SSSR count). The number of nitrogens with two attached hydrogens (primary N) is 1. The molecule has 0 spiro atoms. The van der Waals surface area contributed by atoms with Crippen LogP contribution >= 0.6 is 11.6 Å². The highest BCUT2D eigenvalue weighted by molar-refractivity contribution is 6.30. The third-order valence-corrected chi connectivity index (χ3v) is 2.05. The molecule has 78 valence electrons. The molecule has 0 aliphatic heterocycles. The van der Waals surface area contributed by atoms with Gasteiger partial charge in [-0.2, -0.15) is 5.26 Å². The van der Waals surface area contributed by atoms with E-state index in [1.807, 2.05) is 12.2 Å². The molecule has 0 aliphatic rings. The molecule has 0 aromatic heterocycles. The van der Waals surface area contributed by atoms with Gasteiger partial charge in [-0.3, -0.25) is 0 Å². The monoisotopic (exact) mass is 221 g/mol. The molecular weight excluding hydrogens is 210 g/mol. The first kappa shape index (κ1) is 11.6. The van der Waals surface area contributed by atoms with E-state index in [2.05, 4.69) is 11.4 Å². The number of anilines is 1. The molecule has 4 heteroatoms. The van der Waals surface area contributed by atoms with Gasteiger partial charge in [0.05, 0.1) is 11.3 Å². The third-order valence-electron chi connectivity index (χ3n) is 1.82. The summed E-state index contributed by atoms with van der Waals surface area (Å²) in [6, 6.07) is 7.21. The molecule has 0 fully saturated rings. The number of rotatable bonds is 4. The minimum atomic E-state index is 0.516. The summed E-state index contributed by atoms with van der Waals surface area (Å²) < 4.78 is 0. The summed E-state index contributed by atoms with van der Waals surface area (Å²) in [5.74, 6) is 0. The molecule has 3 nitrogen and oxygen atoms in total. The van der Waals surface area contributed by atoms with Crippen molar-refractivity contribution >= 4 is 17.3 Å². The van der Waals surface area contributed by atoms with Crippen LogP contribution in [0.1, 0.15) is 5.56 Å². The fraction of sp³-hybridized carbons (Fsp3) is 0.182. The van der Waals surface area contributed by atoms with E-state index < -0.39 is 0 Å². The number of nitriles is 1. The molecule has 0 unspecified atom stereocenters. The maximum atomic E-state index is 8.84. The van der Waals surface area contributed by atoms with Crippen LogP contribution in [-0.2, 0) is 0 Å². The Bertz CT molecular complexity index is 393. The highest BCUT2D eigenvalue weighted by Gasteiger charge is 2.00. The first-order chi connectivity index (χ1) is 7.27. The lowest BCUT2D eigenvalue weighted by molar-refractivity contribution is 1.22. The number of nitrogens with zero attached hydrogens (tertiary/aromatic N) is 1. The molecule has 0 saturated carbocycles. The van der Waals surface area contributed by atoms with Gasteiger partial charge in [0.1, 0.15) is 6.07 Å². The summed E-state index contributed by atoms with van der Waals surface area (Å²) in [6.07, 6.45) is 3.76. The average Bonchev–Trinajstić information content (AvgIpc) is 2.25. The molecule has 0 atom stereocenters. The van der Waals surface area contributed by atoms with Crippen molar-refractivity contribution in [3.05, 3.63) is 40.9 Å². The summed E-state index contributed by atoms with van der Waals surface area (Å²) in [5, 5.41) is 12.5. The minimum absolute atomic E-state index is 0.516. The summed E-state index contributed by atoms with van der Waals surface area (Å²) in [5.41, 5.74) is 6.63. The second-order valence-electron chi connectivity index (χ2n) is 2.89. The summed E-state index contributed by atoms with van der Waals surface area (Å²) in [6.45, 7) is 1.15. The van der Waals surface area contributed by atoms with Crippen LogP contribution in [0.4, 0.5) is 5.69 Å². The van der Waals surface area contributed by atoms with Gasteiger partial charge in [0.15, 0.2) is 0 Å². The van der Waals surface area contributed by atoms with Crippen LogP contribution < -0.4 is 11.1 Å². The van der Waals surface area contributed by atoms with Crippen LogP contribution in [0, 0.1) is 11.3 Å². The molecule has 1 aromatic rings. The summed E-state index contributed by atoms with van der Waals surface area (Å²) in [7, 11) is 0. The topological polar surface area (TPSA) is 61.8 Å². The van der Waals surface area contributed by atoms with Crippen molar-refractivity contribution in [1.82, 2.24) is 0 Å². The third kappa shape index (κ3) is 3.62. The minimum Gasteiger partial charge on any atom is -0.380 e. The van der Waals surface area contributed by atoms with Crippen LogP contribution in [-0.4, -0.2) is 13.1 Å². The number of benzene rings is 1. The van der Waals surface area contributed by atoms with E-state index in [-0.39, 0.29) is 0 Å². The lowest BCUT2D eigenvalue weighted by Crippen LogP contribution is -2.01. The molecule has 0 bridgehead atoms. The molecule has 0 radical (unpaired) electrons. The Kier molecular flexibility index (Phi) is 4.69. The zero-order chi connectivity index (χ0) is 11.1. The largest absolute Gasteiger partial charge is 0.380 e. The Labute approximate surface area is 94.2 Å². The van der Waals surface area contributed by atoms with Gasteiger partial charge in [-0.25, -0.2) is 0 Å². The van der Waals surface area contributed by atoms with Gasteiger partial charge < -0.3 is 11.1 Å². The maximum Gasteiger partial charge on any atom is 0.101 e. The van der Waals surface area contributed by atoms with Gasteiger partial charge >= 0.3 is 0 Å². The first-order valence-electron chi connectivity index (χ1n) is 4.56. The lowest BCUT2D eigenvalue weighted by Gasteiger charge is -2.05. The van der Waals surface area contributed by atoms with Crippen molar-refractivity contribution in [2.24, 2.45) is 5.73 Å². The Morgan fingerprint density at radius 1 is 1.47 bits per heavy atom. The zero-order valence-electron chi connectivity index (χ0n) is 8.20. The Morgan fingerprint density at radius 3 is 2.93 bits per heavy atom. The molecule has 0 saturated heterocycles. The van der Waals surface area contributed by atoms with E-state index in [0.717, 1.165) is 5.69 Å². The van der Waals surface area contributed by atoms with Crippen molar-refractivity contribution in [3.63, 3.8) is 0 Å². The van der Waals surface area contributed by atoms with Crippen LogP contribution in [0.25, 0.3) is 0 Å². The summed E-state index contributed by atoms with van der Waals surface area (Å²) in [4.78, 5) is 0. The highest BCUT2D eigenvalue weighted by Crippen LogP contribution is 2.19. The van der Waals surface area contributed by atoms with Crippen molar-refractivity contribution in [2.45, 2.75) is 0 Å². The average molecular weight is 222 g/mol. The van der Waals surface area contributed by atoms with E-state index in [1.54, 1.807) is 18.2 Å². The molecule has 15 heavy (non-hydrogen) atoms. The summed E-state index contributed by atoms with van der Waals surface area (Å²) >= 11 is 5.83. The predicted molar refractivity (Wildman–Crippen MR) is 62.9 cm³/mol. The molecular formula is C11H12ClN3. The second-order valence-corrected chi connectivity index (χ2v) is 3.33. The molecule has 0 amide bonds. The number of hydrogen-bond acceptors (Lipinski definition) is 3. The van der Waals surface area contributed by atoms with Gasteiger partial charge in [0, 0.05) is 18.1 Å². The number of hydrogen-bond donors (Lipinski definition) is 2. The van der Waals surface area contributed by atoms with Crippen molar-refractivity contribution in [1.29, 1.82) is 5.26 Å². The Balaban J connectivity index is 2.71. The highest BCUT2D eigenvalue weighted by atomic mass is 35.5. The molecule has 0 aliphatic carbocycles.